The van der Waals surface area contributed by atoms with Crippen molar-refractivity contribution in [3.05, 3.63) is 24.2 Å². The van der Waals surface area contributed by atoms with Gasteiger partial charge in [-0.1, -0.05) is 6.42 Å². The molecule has 0 aromatic carbocycles. The third kappa shape index (κ3) is 4.46. The van der Waals surface area contributed by atoms with Gasteiger partial charge in [0.1, 0.15) is 18.4 Å². The Morgan fingerprint density at radius 1 is 1.50 bits per heavy atom. The molecule has 0 aliphatic heterocycles. The highest BCUT2D eigenvalue weighted by Crippen LogP contribution is 2.05. The lowest BCUT2D eigenvalue weighted by molar-refractivity contribution is -0.147. The Morgan fingerprint density at radius 3 is 2.94 bits per heavy atom. The van der Waals surface area contributed by atoms with Gasteiger partial charge < -0.3 is 20.6 Å². The summed E-state index contributed by atoms with van der Waals surface area (Å²) in [7, 11) is 0. The monoisotopic (exact) mass is 226 g/mol. The summed E-state index contributed by atoms with van der Waals surface area (Å²) in [5, 5.41) is 0. The smallest absolute Gasteiger partial charge is 0.323 e. The van der Waals surface area contributed by atoms with Crippen LogP contribution in [0.15, 0.2) is 22.8 Å². The van der Waals surface area contributed by atoms with Crippen molar-refractivity contribution in [3.63, 3.8) is 0 Å². The molecular formula is C11H18N2O3. The normalized spacial score (nSPS) is 12.4. The number of hydrogen-bond donors (Lipinski definition) is 2. The average molecular weight is 226 g/mol. The van der Waals surface area contributed by atoms with Gasteiger partial charge in [-0.05, 0) is 31.5 Å². The van der Waals surface area contributed by atoms with Crippen LogP contribution in [-0.2, 0) is 16.1 Å². The summed E-state index contributed by atoms with van der Waals surface area (Å²) in [5.74, 6) is 0.218. The minimum atomic E-state index is -0.568. The zero-order valence-corrected chi connectivity index (χ0v) is 9.22. The molecule has 0 aliphatic rings. The van der Waals surface area contributed by atoms with E-state index in [1.54, 1.807) is 12.1 Å². The maximum absolute atomic E-state index is 11.4. The number of carbonyl (C=O) groups excluding carboxylic acids is 1. The maximum atomic E-state index is 11.4. The maximum Gasteiger partial charge on any atom is 0.323 e. The van der Waals surface area contributed by atoms with Gasteiger partial charge in [0.05, 0.1) is 6.26 Å². The van der Waals surface area contributed by atoms with Crippen molar-refractivity contribution in [3.8, 4) is 0 Å². The largest absolute Gasteiger partial charge is 0.466 e. The lowest BCUT2D eigenvalue weighted by Crippen LogP contribution is -2.32. The van der Waals surface area contributed by atoms with E-state index in [1.165, 1.54) is 6.26 Å². The van der Waals surface area contributed by atoms with Crippen LogP contribution in [0.2, 0.25) is 0 Å². The van der Waals surface area contributed by atoms with Gasteiger partial charge in [-0.15, -0.1) is 0 Å². The van der Waals surface area contributed by atoms with E-state index < -0.39 is 12.0 Å². The van der Waals surface area contributed by atoms with Gasteiger partial charge >= 0.3 is 5.97 Å². The van der Waals surface area contributed by atoms with Crippen LogP contribution in [0, 0.1) is 0 Å². The van der Waals surface area contributed by atoms with Crippen molar-refractivity contribution in [2.75, 3.05) is 6.54 Å². The molecule has 5 nitrogen and oxygen atoms in total. The second-order valence-corrected chi connectivity index (χ2v) is 3.58. The number of carbonyl (C=O) groups is 1. The number of hydrogen-bond acceptors (Lipinski definition) is 5. The molecule has 1 rings (SSSR count). The van der Waals surface area contributed by atoms with Gasteiger partial charge in [0.15, 0.2) is 0 Å². The highest BCUT2D eigenvalue weighted by Gasteiger charge is 2.14. The van der Waals surface area contributed by atoms with Crippen LogP contribution in [0.1, 0.15) is 25.0 Å². The summed E-state index contributed by atoms with van der Waals surface area (Å²) >= 11 is 0. The molecule has 0 fully saturated rings. The molecule has 0 aliphatic carbocycles. The van der Waals surface area contributed by atoms with E-state index in [4.69, 9.17) is 20.6 Å². The average Bonchev–Trinajstić information content (AvgIpc) is 2.79. The molecule has 16 heavy (non-hydrogen) atoms. The fraction of sp³-hybridized carbons (Fsp3) is 0.545. The lowest BCUT2D eigenvalue weighted by Gasteiger charge is -2.10. The van der Waals surface area contributed by atoms with Gasteiger partial charge in [-0.2, -0.15) is 0 Å². The van der Waals surface area contributed by atoms with Crippen LogP contribution in [0.3, 0.4) is 0 Å². The first-order valence-corrected chi connectivity index (χ1v) is 5.38. The van der Waals surface area contributed by atoms with Crippen molar-refractivity contribution < 1.29 is 13.9 Å². The number of ether oxygens (including phenoxy) is 1. The van der Waals surface area contributed by atoms with Crippen LogP contribution < -0.4 is 11.5 Å². The number of rotatable bonds is 7. The number of nitrogens with two attached hydrogens (primary N) is 2. The SMILES string of the molecule is NCCCC[C@H](N)C(=O)OCc1ccco1. The van der Waals surface area contributed by atoms with Crippen LogP contribution in [0.5, 0.6) is 0 Å². The fourth-order valence-corrected chi connectivity index (χ4v) is 1.27. The summed E-state index contributed by atoms with van der Waals surface area (Å²) in [5.41, 5.74) is 11.0. The van der Waals surface area contributed by atoms with E-state index in [-0.39, 0.29) is 6.61 Å². The molecule has 0 spiro atoms. The zero-order chi connectivity index (χ0) is 11.8. The van der Waals surface area contributed by atoms with Crippen molar-refractivity contribution in [2.45, 2.75) is 31.9 Å². The molecule has 0 unspecified atom stereocenters. The third-order valence-electron chi connectivity index (χ3n) is 2.21. The van der Waals surface area contributed by atoms with Crippen LogP contribution in [0.4, 0.5) is 0 Å². The van der Waals surface area contributed by atoms with Gasteiger partial charge in [0.2, 0.25) is 0 Å². The van der Waals surface area contributed by atoms with E-state index in [2.05, 4.69) is 0 Å². The molecule has 1 heterocycles. The van der Waals surface area contributed by atoms with Crippen molar-refractivity contribution in [1.82, 2.24) is 0 Å². The number of unbranched alkanes of at least 4 members (excludes halogenated alkanes) is 1. The van der Waals surface area contributed by atoms with E-state index in [0.717, 1.165) is 12.8 Å². The molecular weight excluding hydrogens is 208 g/mol. The summed E-state index contributed by atoms with van der Waals surface area (Å²) in [6.45, 7) is 0.755. The van der Waals surface area contributed by atoms with Gasteiger partial charge in [-0.25, -0.2) is 0 Å². The van der Waals surface area contributed by atoms with Crippen molar-refractivity contribution >= 4 is 5.97 Å². The van der Waals surface area contributed by atoms with Crippen LogP contribution in [0.25, 0.3) is 0 Å². The second kappa shape index (κ2) is 7.03. The predicted octanol–water partition coefficient (Wildman–Crippen LogP) is 0.779. The highest BCUT2D eigenvalue weighted by molar-refractivity contribution is 5.75. The first-order valence-electron chi connectivity index (χ1n) is 5.38. The Labute approximate surface area is 94.7 Å². The predicted molar refractivity (Wildman–Crippen MR) is 59.4 cm³/mol. The minimum absolute atomic E-state index is 0.135. The Bertz CT molecular complexity index is 298. The van der Waals surface area contributed by atoms with Gasteiger partial charge in [-0.3, -0.25) is 4.79 Å². The molecule has 1 aromatic heterocycles. The minimum Gasteiger partial charge on any atom is -0.466 e. The van der Waals surface area contributed by atoms with Gasteiger partial charge in [0, 0.05) is 0 Å². The van der Waals surface area contributed by atoms with E-state index >= 15 is 0 Å². The Morgan fingerprint density at radius 2 is 2.31 bits per heavy atom. The van der Waals surface area contributed by atoms with Crippen LogP contribution >= 0.6 is 0 Å². The van der Waals surface area contributed by atoms with Crippen molar-refractivity contribution in [2.24, 2.45) is 11.5 Å². The summed E-state index contributed by atoms with van der Waals surface area (Å²) < 4.78 is 10.0. The number of esters is 1. The quantitative estimate of drug-likeness (QED) is 0.529. The highest BCUT2D eigenvalue weighted by atomic mass is 16.5. The molecule has 0 bridgehead atoms. The molecule has 4 N–H and O–H groups in total. The van der Waals surface area contributed by atoms with E-state index in [0.29, 0.717) is 18.7 Å². The standard InChI is InChI=1S/C11H18N2O3/c12-6-2-1-5-10(13)11(14)16-8-9-4-3-7-15-9/h3-4,7,10H,1-2,5-6,8,12-13H2/t10-/m0/s1. The van der Waals surface area contributed by atoms with Gasteiger partial charge in [0.25, 0.3) is 0 Å². The molecule has 0 radical (unpaired) electrons. The molecule has 5 heteroatoms. The molecule has 0 saturated heterocycles. The third-order valence-corrected chi connectivity index (χ3v) is 2.21. The van der Waals surface area contributed by atoms with Crippen molar-refractivity contribution in [1.29, 1.82) is 0 Å². The molecule has 90 valence electrons. The zero-order valence-electron chi connectivity index (χ0n) is 9.22. The Hall–Kier alpha value is -1.33. The van der Waals surface area contributed by atoms with Crippen LogP contribution in [-0.4, -0.2) is 18.6 Å². The molecule has 0 saturated carbocycles. The van der Waals surface area contributed by atoms with E-state index in [9.17, 15) is 4.79 Å². The molecule has 1 atom stereocenters. The summed E-state index contributed by atoms with van der Waals surface area (Å²) in [4.78, 5) is 11.4. The van der Waals surface area contributed by atoms with E-state index in [1.807, 2.05) is 0 Å². The lowest BCUT2D eigenvalue weighted by atomic mass is 10.1. The first-order chi connectivity index (χ1) is 7.74. The fourth-order valence-electron chi connectivity index (χ4n) is 1.27. The number of furan rings is 1. The Kier molecular flexibility index (Phi) is 5.60. The molecule has 0 amide bonds. The topological polar surface area (TPSA) is 91.5 Å². The Balaban J connectivity index is 2.18. The molecule has 1 aromatic rings. The first kappa shape index (κ1) is 12.7. The summed E-state index contributed by atoms with van der Waals surface area (Å²) in [6.07, 6.45) is 3.85. The second-order valence-electron chi connectivity index (χ2n) is 3.58. The summed E-state index contributed by atoms with van der Waals surface area (Å²) in [6, 6.07) is 2.92.